The molecule has 1 N–H and O–H groups in total. The molecule has 2 aromatic carbocycles. The Morgan fingerprint density at radius 1 is 1.00 bits per heavy atom. The molecule has 2 aromatic rings. The fourth-order valence-corrected chi connectivity index (χ4v) is 2.79. The van der Waals surface area contributed by atoms with Crippen LogP contribution in [0.4, 0.5) is 0 Å². The monoisotopic (exact) mass is 337 g/mol. The van der Waals surface area contributed by atoms with Gasteiger partial charge in [0, 0.05) is 15.5 Å². The molecule has 1 unspecified atom stereocenters. The van der Waals surface area contributed by atoms with Gasteiger partial charge in [-0.05, 0) is 43.1 Å². The summed E-state index contributed by atoms with van der Waals surface area (Å²) in [4.78, 5) is 0. The second kappa shape index (κ2) is 7.09. The first kappa shape index (κ1) is 14.6. The standard InChI is InChI=1S/C16H17BrClN/c1-19-14(10-12-6-2-4-8-15(12)17)11-13-7-3-5-9-16(13)18/h2-9,14,19H,10-11H2,1H3. The summed E-state index contributed by atoms with van der Waals surface area (Å²) >= 11 is 9.82. The third-order valence-corrected chi connectivity index (χ3v) is 4.40. The van der Waals surface area contributed by atoms with Crippen LogP contribution in [-0.2, 0) is 12.8 Å². The Labute approximate surface area is 128 Å². The van der Waals surface area contributed by atoms with E-state index in [2.05, 4.69) is 45.5 Å². The van der Waals surface area contributed by atoms with Gasteiger partial charge in [-0.2, -0.15) is 0 Å². The molecule has 19 heavy (non-hydrogen) atoms. The lowest BCUT2D eigenvalue weighted by Gasteiger charge is -2.18. The van der Waals surface area contributed by atoms with Crippen LogP contribution in [0.2, 0.25) is 5.02 Å². The molecule has 0 bridgehead atoms. The van der Waals surface area contributed by atoms with Crippen molar-refractivity contribution in [3.05, 3.63) is 69.2 Å². The summed E-state index contributed by atoms with van der Waals surface area (Å²) < 4.78 is 1.16. The Bertz CT molecular complexity index is 494. The molecule has 0 aliphatic carbocycles. The SMILES string of the molecule is CNC(Cc1ccccc1Cl)Cc1ccccc1Br. The minimum atomic E-state index is 0.374. The van der Waals surface area contributed by atoms with E-state index in [4.69, 9.17) is 11.6 Å². The van der Waals surface area contributed by atoms with Gasteiger partial charge >= 0.3 is 0 Å². The molecule has 0 saturated carbocycles. The van der Waals surface area contributed by atoms with Gasteiger partial charge in [0.25, 0.3) is 0 Å². The van der Waals surface area contributed by atoms with E-state index in [9.17, 15) is 0 Å². The lowest BCUT2D eigenvalue weighted by Crippen LogP contribution is -2.30. The highest BCUT2D eigenvalue weighted by Crippen LogP contribution is 2.21. The minimum absolute atomic E-state index is 0.374. The largest absolute Gasteiger partial charge is 0.316 e. The molecule has 0 saturated heterocycles. The molecule has 0 aliphatic rings. The first-order valence-electron chi connectivity index (χ1n) is 6.34. The van der Waals surface area contributed by atoms with Crippen LogP contribution in [0.5, 0.6) is 0 Å². The molecule has 1 nitrogen and oxygen atoms in total. The van der Waals surface area contributed by atoms with Gasteiger partial charge in [-0.15, -0.1) is 0 Å². The van der Waals surface area contributed by atoms with Crippen LogP contribution in [0.15, 0.2) is 53.0 Å². The second-order valence-corrected chi connectivity index (χ2v) is 5.84. The normalized spacial score (nSPS) is 12.4. The maximum Gasteiger partial charge on any atom is 0.0438 e. The first-order valence-corrected chi connectivity index (χ1v) is 7.52. The first-order chi connectivity index (χ1) is 9.20. The molecule has 0 radical (unpaired) electrons. The van der Waals surface area contributed by atoms with Crippen molar-refractivity contribution < 1.29 is 0 Å². The predicted octanol–water partition coefficient (Wildman–Crippen LogP) is 4.48. The van der Waals surface area contributed by atoms with Gasteiger partial charge in [-0.25, -0.2) is 0 Å². The number of hydrogen-bond acceptors (Lipinski definition) is 1. The van der Waals surface area contributed by atoms with Crippen molar-refractivity contribution in [3.8, 4) is 0 Å². The predicted molar refractivity (Wildman–Crippen MR) is 85.8 cm³/mol. The van der Waals surface area contributed by atoms with Crippen molar-refractivity contribution >= 4 is 27.5 Å². The molecule has 1 atom stereocenters. The summed E-state index contributed by atoms with van der Waals surface area (Å²) in [6.45, 7) is 0. The molecule has 0 heterocycles. The fourth-order valence-electron chi connectivity index (χ4n) is 2.14. The molecule has 0 aromatic heterocycles. The summed E-state index contributed by atoms with van der Waals surface area (Å²) in [5.74, 6) is 0. The highest BCUT2D eigenvalue weighted by Gasteiger charge is 2.11. The number of hydrogen-bond donors (Lipinski definition) is 1. The van der Waals surface area contributed by atoms with Crippen molar-refractivity contribution in [2.24, 2.45) is 0 Å². The van der Waals surface area contributed by atoms with E-state index >= 15 is 0 Å². The van der Waals surface area contributed by atoms with Gasteiger partial charge in [-0.3, -0.25) is 0 Å². The third kappa shape index (κ3) is 4.07. The van der Waals surface area contributed by atoms with Crippen LogP contribution < -0.4 is 5.32 Å². The van der Waals surface area contributed by atoms with Crippen LogP contribution in [0.1, 0.15) is 11.1 Å². The van der Waals surface area contributed by atoms with Crippen molar-refractivity contribution in [2.75, 3.05) is 7.05 Å². The molecule has 2 rings (SSSR count). The van der Waals surface area contributed by atoms with Crippen LogP contribution >= 0.6 is 27.5 Å². The Balaban J connectivity index is 2.09. The van der Waals surface area contributed by atoms with Crippen LogP contribution in [-0.4, -0.2) is 13.1 Å². The third-order valence-electron chi connectivity index (χ3n) is 3.26. The van der Waals surface area contributed by atoms with Gasteiger partial charge in [0.05, 0.1) is 0 Å². The number of likely N-dealkylation sites (N-methyl/N-ethyl adjacent to an activating group) is 1. The quantitative estimate of drug-likeness (QED) is 0.848. The summed E-state index contributed by atoms with van der Waals surface area (Å²) in [7, 11) is 2.00. The van der Waals surface area contributed by atoms with Crippen LogP contribution in [0.3, 0.4) is 0 Å². The Morgan fingerprint density at radius 2 is 1.58 bits per heavy atom. The number of nitrogens with one attached hydrogen (secondary N) is 1. The van der Waals surface area contributed by atoms with E-state index in [-0.39, 0.29) is 0 Å². The van der Waals surface area contributed by atoms with Gasteiger partial charge in [-0.1, -0.05) is 63.9 Å². The fraction of sp³-hybridized carbons (Fsp3) is 0.250. The molecule has 100 valence electrons. The van der Waals surface area contributed by atoms with E-state index in [1.807, 2.05) is 31.3 Å². The Morgan fingerprint density at radius 3 is 2.21 bits per heavy atom. The molecular weight excluding hydrogens is 322 g/mol. The average molecular weight is 339 g/mol. The summed E-state index contributed by atoms with van der Waals surface area (Å²) in [5.41, 5.74) is 2.50. The van der Waals surface area contributed by atoms with Gasteiger partial charge in [0.1, 0.15) is 0 Å². The van der Waals surface area contributed by atoms with Gasteiger partial charge in [0.2, 0.25) is 0 Å². The summed E-state index contributed by atoms with van der Waals surface area (Å²) in [5, 5.41) is 4.22. The number of benzene rings is 2. The van der Waals surface area contributed by atoms with Crippen molar-refractivity contribution in [1.29, 1.82) is 0 Å². The molecule has 0 fully saturated rings. The number of rotatable bonds is 5. The molecule has 0 spiro atoms. The molecule has 0 aliphatic heterocycles. The molecular formula is C16H17BrClN. The topological polar surface area (TPSA) is 12.0 Å². The van der Waals surface area contributed by atoms with E-state index in [1.165, 1.54) is 11.1 Å². The lowest BCUT2D eigenvalue weighted by atomic mass is 9.99. The van der Waals surface area contributed by atoms with E-state index < -0.39 is 0 Å². The zero-order valence-corrected chi connectivity index (χ0v) is 13.2. The zero-order chi connectivity index (χ0) is 13.7. The lowest BCUT2D eigenvalue weighted by molar-refractivity contribution is 0.555. The maximum atomic E-state index is 6.22. The Kier molecular flexibility index (Phi) is 5.44. The van der Waals surface area contributed by atoms with E-state index in [1.54, 1.807) is 0 Å². The van der Waals surface area contributed by atoms with E-state index in [0.29, 0.717) is 6.04 Å². The minimum Gasteiger partial charge on any atom is -0.316 e. The van der Waals surface area contributed by atoms with Crippen molar-refractivity contribution in [2.45, 2.75) is 18.9 Å². The second-order valence-electron chi connectivity index (χ2n) is 4.58. The molecule has 0 amide bonds. The maximum absolute atomic E-state index is 6.22. The smallest absolute Gasteiger partial charge is 0.0438 e. The Hall–Kier alpha value is -0.830. The zero-order valence-electron chi connectivity index (χ0n) is 10.9. The average Bonchev–Trinajstić information content (AvgIpc) is 2.42. The number of halogens is 2. The summed E-state index contributed by atoms with van der Waals surface area (Å²) in [6, 6.07) is 16.8. The van der Waals surface area contributed by atoms with Crippen LogP contribution in [0.25, 0.3) is 0 Å². The van der Waals surface area contributed by atoms with E-state index in [0.717, 1.165) is 22.3 Å². The highest BCUT2D eigenvalue weighted by molar-refractivity contribution is 9.10. The van der Waals surface area contributed by atoms with Crippen molar-refractivity contribution in [3.63, 3.8) is 0 Å². The molecule has 3 heteroatoms. The van der Waals surface area contributed by atoms with Gasteiger partial charge in [0.15, 0.2) is 0 Å². The summed E-state index contributed by atoms with van der Waals surface area (Å²) in [6.07, 6.45) is 1.90. The van der Waals surface area contributed by atoms with Crippen molar-refractivity contribution in [1.82, 2.24) is 5.32 Å². The van der Waals surface area contributed by atoms with Crippen LogP contribution in [0, 0.1) is 0 Å². The highest BCUT2D eigenvalue weighted by atomic mass is 79.9. The van der Waals surface area contributed by atoms with Gasteiger partial charge < -0.3 is 5.32 Å².